The largest absolute Gasteiger partial charge is 0.370 e. The van der Waals surface area contributed by atoms with Crippen molar-refractivity contribution in [2.24, 2.45) is 0 Å². The summed E-state index contributed by atoms with van der Waals surface area (Å²) in [5.74, 6) is -0.137. The van der Waals surface area contributed by atoms with Gasteiger partial charge >= 0.3 is 0 Å². The Kier molecular flexibility index (Phi) is 4.12. The Hall–Kier alpha value is -2.24. The van der Waals surface area contributed by atoms with E-state index in [2.05, 4.69) is 20.6 Å². The molecule has 6 heteroatoms. The van der Waals surface area contributed by atoms with E-state index >= 15 is 0 Å². The van der Waals surface area contributed by atoms with Gasteiger partial charge in [0.1, 0.15) is 17.5 Å². The number of halogens is 2. The second-order valence-corrected chi connectivity index (χ2v) is 4.35. The molecule has 0 radical (unpaired) electrons. The fourth-order valence-electron chi connectivity index (χ4n) is 1.82. The first kappa shape index (κ1) is 14.2. The Morgan fingerprint density at radius 3 is 2.50 bits per heavy atom. The summed E-state index contributed by atoms with van der Waals surface area (Å²) in [6, 6.07) is 3.97. The molecule has 1 heterocycles. The van der Waals surface area contributed by atoms with E-state index in [-0.39, 0.29) is 5.69 Å². The highest BCUT2D eigenvalue weighted by Crippen LogP contribution is 2.25. The van der Waals surface area contributed by atoms with E-state index in [4.69, 9.17) is 0 Å². The third kappa shape index (κ3) is 2.84. The molecule has 1 aromatic carbocycles. The van der Waals surface area contributed by atoms with Crippen molar-refractivity contribution in [2.45, 2.75) is 20.8 Å². The Labute approximate surface area is 116 Å². The third-order valence-electron chi connectivity index (χ3n) is 2.81. The van der Waals surface area contributed by atoms with Crippen LogP contribution in [0.1, 0.15) is 18.3 Å². The van der Waals surface area contributed by atoms with E-state index in [1.165, 1.54) is 12.1 Å². The van der Waals surface area contributed by atoms with Gasteiger partial charge in [-0.05, 0) is 32.9 Å². The van der Waals surface area contributed by atoms with Crippen LogP contribution in [0.5, 0.6) is 0 Å². The fraction of sp³-hybridized carbons (Fsp3) is 0.286. The van der Waals surface area contributed by atoms with Crippen molar-refractivity contribution in [3.63, 3.8) is 0 Å². The summed E-state index contributed by atoms with van der Waals surface area (Å²) in [5.41, 5.74) is 0.801. The number of rotatable bonds is 4. The molecule has 0 bridgehead atoms. The van der Waals surface area contributed by atoms with Gasteiger partial charge < -0.3 is 10.6 Å². The lowest BCUT2D eigenvalue weighted by Crippen LogP contribution is -2.08. The van der Waals surface area contributed by atoms with E-state index in [0.29, 0.717) is 24.0 Å². The molecule has 2 rings (SSSR count). The molecule has 0 spiro atoms. The Balaban J connectivity index is 2.40. The van der Waals surface area contributed by atoms with Gasteiger partial charge in [-0.1, -0.05) is 6.07 Å². The predicted molar refractivity (Wildman–Crippen MR) is 75.3 cm³/mol. The van der Waals surface area contributed by atoms with Gasteiger partial charge in [0.2, 0.25) is 0 Å². The average Bonchev–Trinajstić information content (AvgIpc) is 2.40. The van der Waals surface area contributed by atoms with Gasteiger partial charge in [0.05, 0.1) is 5.69 Å². The quantitative estimate of drug-likeness (QED) is 0.898. The first-order valence-corrected chi connectivity index (χ1v) is 6.33. The molecular formula is C14H16F2N4. The third-order valence-corrected chi connectivity index (χ3v) is 2.81. The summed E-state index contributed by atoms with van der Waals surface area (Å²) < 4.78 is 26.9. The van der Waals surface area contributed by atoms with Crippen molar-refractivity contribution in [1.29, 1.82) is 0 Å². The number of aryl methyl sites for hydroxylation is 1. The molecule has 2 aromatic rings. The van der Waals surface area contributed by atoms with Gasteiger partial charge in [0.25, 0.3) is 0 Å². The van der Waals surface area contributed by atoms with Crippen molar-refractivity contribution >= 4 is 17.3 Å². The SMILES string of the molecule is CCNc1nc(C)nc(Nc2cccc(F)c2F)c1C. The van der Waals surface area contributed by atoms with Crippen molar-refractivity contribution in [3.8, 4) is 0 Å². The summed E-state index contributed by atoms with van der Waals surface area (Å²) >= 11 is 0. The minimum absolute atomic E-state index is 0.0497. The number of nitrogens with zero attached hydrogens (tertiary/aromatic N) is 2. The topological polar surface area (TPSA) is 49.8 Å². The van der Waals surface area contributed by atoms with Crippen molar-refractivity contribution < 1.29 is 8.78 Å². The maximum absolute atomic E-state index is 13.7. The molecular weight excluding hydrogens is 262 g/mol. The second kappa shape index (κ2) is 5.81. The molecule has 0 saturated carbocycles. The maximum Gasteiger partial charge on any atom is 0.182 e. The van der Waals surface area contributed by atoms with Crippen molar-refractivity contribution in [2.75, 3.05) is 17.2 Å². The Bertz CT molecular complexity index is 629. The van der Waals surface area contributed by atoms with Gasteiger partial charge in [0, 0.05) is 12.1 Å². The van der Waals surface area contributed by atoms with E-state index < -0.39 is 11.6 Å². The molecule has 0 unspecified atom stereocenters. The first-order valence-electron chi connectivity index (χ1n) is 6.33. The van der Waals surface area contributed by atoms with Gasteiger partial charge in [-0.2, -0.15) is 0 Å². The zero-order valence-corrected chi connectivity index (χ0v) is 11.6. The summed E-state index contributed by atoms with van der Waals surface area (Å²) in [5, 5.41) is 5.92. The number of anilines is 3. The molecule has 106 valence electrons. The number of hydrogen-bond donors (Lipinski definition) is 2. The molecule has 0 saturated heterocycles. The highest BCUT2D eigenvalue weighted by molar-refractivity contribution is 5.65. The Morgan fingerprint density at radius 1 is 1.10 bits per heavy atom. The molecule has 4 nitrogen and oxygen atoms in total. The minimum Gasteiger partial charge on any atom is -0.370 e. The standard InChI is InChI=1S/C14H16F2N4/c1-4-17-13-8(2)14(19-9(3)18-13)20-11-7-5-6-10(15)12(11)16/h5-7H,4H2,1-3H3,(H2,17,18,19,20). The van der Waals surface area contributed by atoms with Crippen LogP contribution < -0.4 is 10.6 Å². The molecule has 0 atom stereocenters. The van der Waals surface area contributed by atoms with Gasteiger partial charge in [-0.15, -0.1) is 0 Å². The monoisotopic (exact) mass is 278 g/mol. The highest BCUT2D eigenvalue weighted by Gasteiger charge is 2.12. The summed E-state index contributed by atoms with van der Waals surface area (Å²) in [6.07, 6.45) is 0. The second-order valence-electron chi connectivity index (χ2n) is 4.35. The molecule has 0 aliphatic carbocycles. The molecule has 1 aromatic heterocycles. The smallest absolute Gasteiger partial charge is 0.182 e. The van der Waals surface area contributed by atoms with Crippen LogP contribution in [0.15, 0.2) is 18.2 Å². The summed E-state index contributed by atoms with van der Waals surface area (Å²) in [6.45, 7) is 6.23. The van der Waals surface area contributed by atoms with Crippen LogP contribution in [0.3, 0.4) is 0 Å². The normalized spacial score (nSPS) is 10.4. The van der Waals surface area contributed by atoms with Crippen LogP contribution in [0.2, 0.25) is 0 Å². The van der Waals surface area contributed by atoms with Gasteiger partial charge in [-0.3, -0.25) is 0 Å². The minimum atomic E-state index is -0.923. The summed E-state index contributed by atoms with van der Waals surface area (Å²) in [7, 11) is 0. The van der Waals surface area contributed by atoms with Crippen LogP contribution >= 0.6 is 0 Å². The number of benzene rings is 1. The number of aromatic nitrogens is 2. The highest BCUT2D eigenvalue weighted by atomic mass is 19.2. The zero-order valence-electron chi connectivity index (χ0n) is 11.6. The van der Waals surface area contributed by atoms with Gasteiger partial charge in [0.15, 0.2) is 11.6 Å². The molecule has 2 N–H and O–H groups in total. The first-order chi connectivity index (χ1) is 9.52. The summed E-state index contributed by atoms with van der Waals surface area (Å²) in [4.78, 5) is 8.51. The predicted octanol–water partition coefficient (Wildman–Crippen LogP) is 3.55. The van der Waals surface area contributed by atoms with Crippen LogP contribution in [0, 0.1) is 25.5 Å². The zero-order chi connectivity index (χ0) is 14.7. The lowest BCUT2D eigenvalue weighted by Gasteiger charge is -2.14. The maximum atomic E-state index is 13.7. The van der Waals surface area contributed by atoms with E-state index in [1.807, 2.05) is 13.8 Å². The molecule has 20 heavy (non-hydrogen) atoms. The fourth-order valence-corrected chi connectivity index (χ4v) is 1.82. The van der Waals surface area contributed by atoms with Crippen LogP contribution in [0.25, 0.3) is 0 Å². The van der Waals surface area contributed by atoms with Crippen LogP contribution in [-0.2, 0) is 0 Å². The molecule has 0 amide bonds. The van der Waals surface area contributed by atoms with E-state index in [9.17, 15) is 8.78 Å². The lowest BCUT2D eigenvalue weighted by molar-refractivity contribution is 0.511. The molecule has 0 aliphatic heterocycles. The van der Waals surface area contributed by atoms with E-state index in [1.54, 1.807) is 6.92 Å². The van der Waals surface area contributed by atoms with Gasteiger partial charge in [-0.25, -0.2) is 18.7 Å². The number of hydrogen-bond acceptors (Lipinski definition) is 4. The number of nitrogens with one attached hydrogen (secondary N) is 2. The van der Waals surface area contributed by atoms with Crippen molar-refractivity contribution in [3.05, 3.63) is 41.2 Å². The Morgan fingerprint density at radius 2 is 1.80 bits per heavy atom. The van der Waals surface area contributed by atoms with Crippen LogP contribution in [-0.4, -0.2) is 16.5 Å². The molecule has 0 fully saturated rings. The van der Waals surface area contributed by atoms with E-state index in [0.717, 1.165) is 11.6 Å². The average molecular weight is 278 g/mol. The van der Waals surface area contributed by atoms with Crippen LogP contribution in [0.4, 0.5) is 26.1 Å². The molecule has 0 aliphatic rings. The van der Waals surface area contributed by atoms with Crippen molar-refractivity contribution in [1.82, 2.24) is 9.97 Å². The lowest BCUT2D eigenvalue weighted by atomic mass is 10.2.